The monoisotopic (exact) mass is 277 g/mol. The van der Waals surface area contributed by atoms with Crippen LogP contribution in [-0.2, 0) is 11.3 Å². The van der Waals surface area contributed by atoms with Gasteiger partial charge in [-0.3, -0.25) is 4.79 Å². The van der Waals surface area contributed by atoms with Crippen LogP contribution < -0.4 is 15.8 Å². The number of ether oxygens (including phenoxy) is 1. The van der Waals surface area contributed by atoms with E-state index in [0.29, 0.717) is 5.75 Å². The van der Waals surface area contributed by atoms with Gasteiger partial charge in [0.25, 0.3) is 5.91 Å². The molecule has 0 spiro atoms. The molecule has 0 radical (unpaired) electrons. The van der Waals surface area contributed by atoms with Crippen molar-refractivity contribution in [2.45, 2.75) is 45.2 Å². The standard InChI is InChI=1S/C16H24N2O2/c1-12-4-2-3-5-15(12)18-10-13-6-8-14(9-7-13)20-11-16(17)19/h6-9,12,15,18H,2-5,10-11H2,1H3,(H2,17,19)/p+1/t12-,15-/m0/s1. The van der Waals surface area contributed by atoms with E-state index in [9.17, 15) is 4.79 Å². The van der Waals surface area contributed by atoms with Crippen LogP contribution in [0.3, 0.4) is 0 Å². The van der Waals surface area contributed by atoms with E-state index in [0.717, 1.165) is 18.5 Å². The molecule has 1 saturated carbocycles. The predicted molar refractivity (Wildman–Crippen MR) is 78.2 cm³/mol. The van der Waals surface area contributed by atoms with Gasteiger partial charge in [-0.1, -0.05) is 13.3 Å². The van der Waals surface area contributed by atoms with Crippen LogP contribution in [-0.4, -0.2) is 18.6 Å². The highest BCUT2D eigenvalue weighted by Crippen LogP contribution is 2.21. The summed E-state index contributed by atoms with van der Waals surface area (Å²) in [6, 6.07) is 8.67. The van der Waals surface area contributed by atoms with E-state index in [2.05, 4.69) is 24.4 Å². The zero-order valence-corrected chi connectivity index (χ0v) is 12.2. The average Bonchev–Trinajstić information content (AvgIpc) is 2.45. The van der Waals surface area contributed by atoms with Crippen molar-refractivity contribution in [3.8, 4) is 5.75 Å². The topological polar surface area (TPSA) is 68.9 Å². The van der Waals surface area contributed by atoms with E-state index in [1.165, 1.54) is 31.2 Å². The van der Waals surface area contributed by atoms with Crippen LogP contribution >= 0.6 is 0 Å². The maximum atomic E-state index is 10.6. The second-order valence-electron chi connectivity index (χ2n) is 5.76. The first-order chi connectivity index (χ1) is 9.65. The van der Waals surface area contributed by atoms with Crippen LogP contribution in [0.15, 0.2) is 24.3 Å². The maximum absolute atomic E-state index is 10.6. The SMILES string of the molecule is C[C@H]1CCCC[C@@H]1[NH2+]Cc1ccc(OCC(N)=O)cc1. The quantitative estimate of drug-likeness (QED) is 0.820. The van der Waals surface area contributed by atoms with Gasteiger partial charge >= 0.3 is 0 Å². The molecule has 0 heterocycles. The molecule has 0 aromatic heterocycles. The van der Waals surface area contributed by atoms with Crippen molar-refractivity contribution in [1.82, 2.24) is 0 Å². The van der Waals surface area contributed by atoms with E-state index < -0.39 is 5.91 Å². The molecule has 4 heteroatoms. The lowest BCUT2D eigenvalue weighted by Gasteiger charge is -2.26. The molecule has 2 rings (SSSR count). The van der Waals surface area contributed by atoms with Gasteiger partial charge in [0.15, 0.2) is 6.61 Å². The Bertz CT molecular complexity index is 431. The molecule has 0 unspecified atom stereocenters. The Labute approximate surface area is 120 Å². The van der Waals surface area contributed by atoms with E-state index in [1.807, 2.05) is 12.1 Å². The molecule has 1 aliphatic carbocycles. The summed E-state index contributed by atoms with van der Waals surface area (Å²) in [5.41, 5.74) is 6.33. The smallest absolute Gasteiger partial charge is 0.255 e. The summed E-state index contributed by atoms with van der Waals surface area (Å²) < 4.78 is 5.25. The largest absolute Gasteiger partial charge is 0.484 e. The average molecular weight is 277 g/mol. The molecule has 4 nitrogen and oxygen atoms in total. The summed E-state index contributed by atoms with van der Waals surface area (Å²) in [5, 5.41) is 2.46. The van der Waals surface area contributed by atoms with Crippen LogP contribution in [0.5, 0.6) is 5.75 Å². The van der Waals surface area contributed by atoms with Gasteiger partial charge < -0.3 is 15.8 Å². The third-order valence-corrected chi connectivity index (χ3v) is 4.14. The number of hydrogen-bond acceptors (Lipinski definition) is 2. The number of amides is 1. The fourth-order valence-corrected chi connectivity index (χ4v) is 2.86. The summed E-state index contributed by atoms with van der Waals surface area (Å²) in [6.45, 7) is 3.30. The molecule has 0 aliphatic heterocycles. The summed E-state index contributed by atoms with van der Waals surface area (Å²) in [4.78, 5) is 10.6. The van der Waals surface area contributed by atoms with E-state index in [-0.39, 0.29) is 6.61 Å². The first-order valence-corrected chi connectivity index (χ1v) is 7.48. The Hall–Kier alpha value is -1.55. The van der Waals surface area contributed by atoms with Gasteiger partial charge in [0, 0.05) is 11.5 Å². The normalized spacial score (nSPS) is 22.4. The number of rotatable bonds is 6. The third-order valence-electron chi connectivity index (χ3n) is 4.14. The van der Waals surface area contributed by atoms with Crippen molar-refractivity contribution in [3.63, 3.8) is 0 Å². The molecule has 1 fully saturated rings. The Balaban J connectivity index is 1.79. The van der Waals surface area contributed by atoms with Gasteiger partial charge in [0.05, 0.1) is 6.04 Å². The van der Waals surface area contributed by atoms with E-state index in [1.54, 1.807) is 0 Å². The van der Waals surface area contributed by atoms with E-state index >= 15 is 0 Å². The van der Waals surface area contributed by atoms with Crippen molar-refractivity contribution in [2.75, 3.05) is 6.61 Å². The van der Waals surface area contributed by atoms with Gasteiger partial charge in [0.2, 0.25) is 0 Å². The van der Waals surface area contributed by atoms with E-state index in [4.69, 9.17) is 10.5 Å². The van der Waals surface area contributed by atoms with Crippen LogP contribution in [0.25, 0.3) is 0 Å². The number of nitrogens with two attached hydrogens (primary N) is 2. The number of carbonyl (C=O) groups excluding carboxylic acids is 1. The number of benzene rings is 1. The highest BCUT2D eigenvalue weighted by atomic mass is 16.5. The second-order valence-corrected chi connectivity index (χ2v) is 5.76. The van der Waals surface area contributed by atoms with Crippen molar-refractivity contribution in [3.05, 3.63) is 29.8 Å². The Morgan fingerprint density at radius 3 is 2.65 bits per heavy atom. The van der Waals surface area contributed by atoms with Crippen molar-refractivity contribution in [1.29, 1.82) is 0 Å². The lowest BCUT2D eigenvalue weighted by molar-refractivity contribution is -0.712. The van der Waals surface area contributed by atoms with Crippen LogP contribution in [0.4, 0.5) is 0 Å². The third kappa shape index (κ3) is 4.53. The predicted octanol–water partition coefficient (Wildman–Crippen LogP) is 1.19. The lowest BCUT2D eigenvalue weighted by Crippen LogP contribution is -2.90. The second kappa shape index (κ2) is 7.29. The van der Waals surface area contributed by atoms with Gasteiger partial charge in [0.1, 0.15) is 12.3 Å². The minimum atomic E-state index is -0.450. The Morgan fingerprint density at radius 1 is 1.30 bits per heavy atom. The molecule has 110 valence electrons. The van der Waals surface area contributed by atoms with Gasteiger partial charge in [-0.2, -0.15) is 0 Å². The number of carbonyl (C=O) groups is 1. The van der Waals surface area contributed by atoms with Crippen molar-refractivity contribution < 1.29 is 14.8 Å². The molecule has 1 aromatic carbocycles. The van der Waals surface area contributed by atoms with Crippen LogP contribution in [0, 0.1) is 5.92 Å². The molecule has 2 atom stereocenters. The fourth-order valence-electron chi connectivity index (χ4n) is 2.86. The van der Waals surface area contributed by atoms with Crippen LogP contribution in [0.2, 0.25) is 0 Å². The fraction of sp³-hybridized carbons (Fsp3) is 0.562. The summed E-state index contributed by atoms with van der Waals surface area (Å²) in [6.07, 6.45) is 5.45. The molecular formula is C16H25N2O2+. The van der Waals surface area contributed by atoms with Crippen molar-refractivity contribution in [2.24, 2.45) is 11.7 Å². The molecule has 0 bridgehead atoms. The highest BCUT2D eigenvalue weighted by Gasteiger charge is 2.23. The van der Waals surface area contributed by atoms with Crippen LogP contribution in [0.1, 0.15) is 38.2 Å². The van der Waals surface area contributed by atoms with Gasteiger partial charge in [-0.05, 0) is 43.5 Å². The molecule has 4 N–H and O–H groups in total. The van der Waals surface area contributed by atoms with Crippen molar-refractivity contribution >= 4 is 5.91 Å². The highest BCUT2D eigenvalue weighted by molar-refractivity contribution is 5.75. The first kappa shape index (κ1) is 14.9. The zero-order chi connectivity index (χ0) is 14.4. The number of hydrogen-bond donors (Lipinski definition) is 2. The maximum Gasteiger partial charge on any atom is 0.255 e. The molecule has 1 aromatic rings. The Kier molecular flexibility index (Phi) is 5.41. The summed E-state index contributed by atoms with van der Waals surface area (Å²) >= 11 is 0. The molecule has 1 amide bonds. The summed E-state index contributed by atoms with van der Waals surface area (Å²) in [5.74, 6) is 1.06. The zero-order valence-electron chi connectivity index (χ0n) is 12.2. The summed E-state index contributed by atoms with van der Waals surface area (Å²) in [7, 11) is 0. The minimum absolute atomic E-state index is 0.0644. The number of primary amides is 1. The molecule has 0 saturated heterocycles. The lowest BCUT2D eigenvalue weighted by atomic mass is 9.86. The Morgan fingerprint density at radius 2 is 2.00 bits per heavy atom. The molecule has 20 heavy (non-hydrogen) atoms. The minimum Gasteiger partial charge on any atom is -0.484 e. The number of quaternary nitrogens is 1. The molecule has 1 aliphatic rings. The van der Waals surface area contributed by atoms with Gasteiger partial charge in [-0.15, -0.1) is 0 Å². The van der Waals surface area contributed by atoms with Gasteiger partial charge in [-0.25, -0.2) is 0 Å². The first-order valence-electron chi connectivity index (χ1n) is 7.48. The molecular weight excluding hydrogens is 252 g/mol.